The lowest BCUT2D eigenvalue weighted by Gasteiger charge is -2.19. The number of ether oxygens (including phenoxy) is 3. The van der Waals surface area contributed by atoms with Crippen LogP contribution in [0.3, 0.4) is 0 Å². The van der Waals surface area contributed by atoms with Crippen molar-refractivity contribution < 1.29 is 28.9 Å². The SMILES string of the molecule is CCCCC[C@@H](O)[C@H]1C[C@H](OC(=O)c2ccc(N)cc2)[C@H](CCCC(=O)OCC)O1. The van der Waals surface area contributed by atoms with Gasteiger partial charge in [0.1, 0.15) is 6.10 Å². The lowest BCUT2D eigenvalue weighted by Crippen LogP contribution is -2.27. The Labute approximate surface area is 178 Å². The van der Waals surface area contributed by atoms with E-state index >= 15 is 0 Å². The number of anilines is 1. The van der Waals surface area contributed by atoms with Gasteiger partial charge >= 0.3 is 11.9 Å². The van der Waals surface area contributed by atoms with Crippen molar-refractivity contribution in [1.82, 2.24) is 0 Å². The van der Waals surface area contributed by atoms with Gasteiger partial charge in [-0.15, -0.1) is 0 Å². The monoisotopic (exact) mass is 421 g/mol. The highest BCUT2D eigenvalue weighted by Gasteiger charge is 2.40. The van der Waals surface area contributed by atoms with E-state index in [0.717, 1.165) is 19.3 Å². The van der Waals surface area contributed by atoms with Crippen LogP contribution < -0.4 is 5.73 Å². The number of nitrogen functional groups attached to an aromatic ring is 1. The Balaban J connectivity index is 1.97. The minimum absolute atomic E-state index is 0.248. The number of aliphatic hydroxyl groups is 1. The zero-order valence-electron chi connectivity index (χ0n) is 18.0. The van der Waals surface area contributed by atoms with E-state index in [2.05, 4.69) is 6.92 Å². The number of carbonyl (C=O) groups is 2. The first-order valence-electron chi connectivity index (χ1n) is 11.0. The van der Waals surface area contributed by atoms with Crippen LogP contribution in [0.15, 0.2) is 24.3 Å². The first-order valence-corrected chi connectivity index (χ1v) is 11.0. The highest BCUT2D eigenvalue weighted by Crippen LogP contribution is 2.31. The Kier molecular flexibility index (Phi) is 10.1. The van der Waals surface area contributed by atoms with E-state index in [4.69, 9.17) is 19.9 Å². The topological polar surface area (TPSA) is 108 Å². The van der Waals surface area contributed by atoms with Crippen molar-refractivity contribution in [2.45, 2.75) is 89.6 Å². The molecule has 0 radical (unpaired) electrons. The van der Waals surface area contributed by atoms with Crippen molar-refractivity contribution in [3.63, 3.8) is 0 Å². The fourth-order valence-corrected chi connectivity index (χ4v) is 3.67. The molecular weight excluding hydrogens is 386 g/mol. The molecule has 7 heteroatoms. The normalized spacial score (nSPS) is 21.9. The first-order chi connectivity index (χ1) is 14.4. The number of unbranched alkanes of at least 4 members (excludes halogenated alkanes) is 2. The summed E-state index contributed by atoms with van der Waals surface area (Å²) in [7, 11) is 0. The standard InChI is InChI=1S/C23H35NO6/c1-3-5-6-8-18(25)20-15-21(19(29-20)9-7-10-22(26)28-4-2)30-23(27)16-11-13-17(24)14-12-16/h11-14,18-21,25H,3-10,15,24H2,1-2H3/t18-,19+,20-,21+/m1/s1. The summed E-state index contributed by atoms with van der Waals surface area (Å²) in [6.07, 6.45) is 3.78. The molecule has 1 aliphatic rings. The third-order valence-corrected chi connectivity index (χ3v) is 5.34. The summed E-state index contributed by atoms with van der Waals surface area (Å²) in [5.41, 5.74) is 6.67. The van der Waals surface area contributed by atoms with Crippen LogP contribution in [0, 0.1) is 0 Å². The summed E-state index contributed by atoms with van der Waals surface area (Å²) < 4.78 is 16.8. The van der Waals surface area contributed by atoms with Gasteiger partial charge in [-0.2, -0.15) is 0 Å². The van der Waals surface area contributed by atoms with Gasteiger partial charge in [-0.3, -0.25) is 4.79 Å². The molecule has 1 fully saturated rings. The van der Waals surface area contributed by atoms with Crippen LogP contribution >= 0.6 is 0 Å². The molecule has 0 bridgehead atoms. The molecule has 4 atom stereocenters. The second-order valence-corrected chi connectivity index (χ2v) is 7.77. The van der Waals surface area contributed by atoms with Crippen molar-refractivity contribution >= 4 is 17.6 Å². The summed E-state index contributed by atoms with van der Waals surface area (Å²) in [6, 6.07) is 6.55. The van der Waals surface area contributed by atoms with Crippen LogP contribution in [0.2, 0.25) is 0 Å². The van der Waals surface area contributed by atoms with Crippen LogP contribution in [0.25, 0.3) is 0 Å². The van der Waals surface area contributed by atoms with Crippen molar-refractivity contribution in [3.8, 4) is 0 Å². The molecule has 0 aromatic heterocycles. The van der Waals surface area contributed by atoms with Crippen molar-refractivity contribution in [2.75, 3.05) is 12.3 Å². The number of esters is 2. The largest absolute Gasteiger partial charge is 0.466 e. The number of hydrogen-bond acceptors (Lipinski definition) is 7. The lowest BCUT2D eigenvalue weighted by atomic mass is 10.0. The Morgan fingerprint density at radius 1 is 1.20 bits per heavy atom. The molecular formula is C23H35NO6. The molecule has 168 valence electrons. The Morgan fingerprint density at radius 2 is 1.93 bits per heavy atom. The van der Waals surface area contributed by atoms with E-state index in [9.17, 15) is 14.7 Å². The molecule has 0 spiro atoms. The van der Waals surface area contributed by atoms with E-state index in [0.29, 0.717) is 43.5 Å². The molecule has 0 unspecified atom stereocenters. The number of hydrogen-bond donors (Lipinski definition) is 2. The van der Waals surface area contributed by atoms with Gasteiger partial charge in [0.15, 0.2) is 0 Å². The highest BCUT2D eigenvalue weighted by atomic mass is 16.6. The van der Waals surface area contributed by atoms with Gasteiger partial charge in [-0.25, -0.2) is 4.79 Å². The smallest absolute Gasteiger partial charge is 0.338 e. The van der Waals surface area contributed by atoms with Gasteiger partial charge in [-0.05, 0) is 50.5 Å². The Bertz CT molecular complexity index is 662. The molecule has 1 heterocycles. The number of aliphatic hydroxyl groups excluding tert-OH is 1. The van der Waals surface area contributed by atoms with E-state index in [1.165, 1.54) is 0 Å². The van der Waals surface area contributed by atoms with Gasteiger partial charge in [0.25, 0.3) is 0 Å². The van der Waals surface area contributed by atoms with Crippen LogP contribution in [0.5, 0.6) is 0 Å². The third-order valence-electron chi connectivity index (χ3n) is 5.34. The molecule has 0 aliphatic carbocycles. The van der Waals surface area contributed by atoms with E-state index in [-0.39, 0.29) is 24.6 Å². The molecule has 0 amide bonds. The summed E-state index contributed by atoms with van der Waals surface area (Å²) in [6.45, 7) is 4.24. The first kappa shape index (κ1) is 24.2. The van der Waals surface area contributed by atoms with Crippen LogP contribution in [-0.4, -0.2) is 48.1 Å². The molecule has 1 saturated heterocycles. The van der Waals surface area contributed by atoms with E-state index in [1.54, 1.807) is 31.2 Å². The van der Waals surface area contributed by atoms with Crippen molar-refractivity contribution in [3.05, 3.63) is 29.8 Å². The minimum atomic E-state index is -0.593. The van der Waals surface area contributed by atoms with Crippen molar-refractivity contribution in [1.29, 1.82) is 0 Å². The number of carbonyl (C=O) groups excluding carboxylic acids is 2. The zero-order chi connectivity index (χ0) is 21.9. The Hall–Kier alpha value is -2.12. The molecule has 1 aromatic carbocycles. The predicted octanol–water partition coefficient (Wildman–Crippen LogP) is 3.63. The molecule has 7 nitrogen and oxygen atoms in total. The molecule has 30 heavy (non-hydrogen) atoms. The predicted molar refractivity (Wildman–Crippen MR) is 114 cm³/mol. The van der Waals surface area contributed by atoms with Gasteiger partial charge in [0.05, 0.1) is 30.5 Å². The summed E-state index contributed by atoms with van der Waals surface area (Å²) >= 11 is 0. The second kappa shape index (κ2) is 12.5. The van der Waals surface area contributed by atoms with Gasteiger partial charge in [-0.1, -0.05) is 26.2 Å². The van der Waals surface area contributed by atoms with Gasteiger partial charge in [0, 0.05) is 18.5 Å². The molecule has 1 aliphatic heterocycles. The third kappa shape index (κ3) is 7.61. The summed E-state index contributed by atoms with van der Waals surface area (Å²) in [4.78, 5) is 24.2. The summed E-state index contributed by atoms with van der Waals surface area (Å²) in [5, 5.41) is 10.5. The highest BCUT2D eigenvalue weighted by molar-refractivity contribution is 5.89. The Morgan fingerprint density at radius 3 is 2.60 bits per heavy atom. The second-order valence-electron chi connectivity index (χ2n) is 7.77. The molecule has 3 N–H and O–H groups in total. The summed E-state index contributed by atoms with van der Waals surface area (Å²) in [5.74, 6) is -0.692. The maximum Gasteiger partial charge on any atom is 0.338 e. The zero-order valence-corrected chi connectivity index (χ0v) is 18.0. The fraction of sp³-hybridized carbons (Fsp3) is 0.652. The quantitative estimate of drug-likeness (QED) is 0.301. The molecule has 1 aromatic rings. The minimum Gasteiger partial charge on any atom is -0.466 e. The number of nitrogens with two attached hydrogens (primary N) is 1. The average molecular weight is 422 g/mol. The average Bonchev–Trinajstić information content (AvgIpc) is 3.11. The molecule has 2 rings (SSSR count). The maximum atomic E-state index is 12.6. The van der Waals surface area contributed by atoms with E-state index < -0.39 is 18.2 Å². The fourth-order valence-electron chi connectivity index (χ4n) is 3.67. The van der Waals surface area contributed by atoms with Crippen molar-refractivity contribution in [2.24, 2.45) is 0 Å². The lowest BCUT2D eigenvalue weighted by molar-refractivity contribution is -0.143. The van der Waals surface area contributed by atoms with Crippen LogP contribution in [0.1, 0.15) is 75.6 Å². The van der Waals surface area contributed by atoms with Gasteiger partial charge < -0.3 is 25.1 Å². The number of benzene rings is 1. The van der Waals surface area contributed by atoms with Crippen LogP contribution in [0.4, 0.5) is 5.69 Å². The van der Waals surface area contributed by atoms with Crippen LogP contribution in [-0.2, 0) is 19.0 Å². The van der Waals surface area contributed by atoms with E-state index in [1.807, 2.05) is 0 Å². The number of rotatable bonds is 12. The maximum absolute atomic E-state index is 12.6. The molecule has 0 saturated carbocycles. The van der Waals surface area contributed by atoms with Gasteiger partial charge in [0.2, 0.25) is 0 Å².